The van der Waals surface area contributed by atoms with Crippen LogP contribution in [-0.4, -0.2) is 23.0 Å². The molecule has 0 unspecified atom stereocenters. The van der Waals surface area contributed by atoms with E-state index in [2.05, 4.69) is 9.97 Å². The van der Waals surface area contributed by atoms with Crippen molar-refractivity contribution in [2.75, 3.05) is 7.11 Å². The molecule has 0 atom stereocenters. The minimum atomic E-state index is -0.594. The molecule has 1 aromatic carbocycles. The number of aryl methyl sites for hydroxylation is 2. The molecule has 0 radical (unpaired) electrons. The van der Waals surface area contributed by atoms with Crippen LogP contribution in [0.3, 0.4) is 0 Å². The van der Waals surface area contributed by atoms with Crippen molar-refractivity contribution in [3.8, 4) is 5.75 Å². The number of H-pyrrole nitrogens is 1. The van der Waals surface area contributed by atoms with Gasteiger partial charge in [0.25, 0.3) is 5.56 Å². The highest BCUT2D eigenvalue weighted by atomic mass is 32.1. The molecule has 6 nitrogen and oxygen atoms in total. The molecule has 0 aliphatic rings. The number of ether oxygens (including phenoxy) is 2. The fraction of sp³-hybridized carbons (Fsp3) is 0.235. The van der Waals surface area contributed by atoms with Crippen LogP contribution in [0.4, 0.5) is 4.39 Å². The monoisotopic (exact) mass is 362 g/mol. The molecule has 25 heavy (non-hydrogen) atoms. The second-order valence-electron chi connectivity index (χ2n) is 5.42. The first-order chi connectivity index (χ1) is 11.9. The van der Waals surface area contributed by atoms with Crippen LogP contribution in [0.1, 0.15) is 26.6 Å². The second-order valence-corrected chi connectivity index (χ2v) is 6.42. The average Bonchev–Trinajstić information content (AvgIpc) is 2.89. The summed E-state index contributed by atoms with van der Waals surface area (Å²) in [5.41, 5.74) is 0.647. The summed E-state index contributed by atoms with van der Waals surface area (Å²) < 4.78 is 23.8. The lowest BCUT2D eigenvalue weighted by Gasteiger charge is -2.09. The Morgan fingerprint density at radius 1 is 1.36 bits per heavy atom. The zero-order valence-electron chi connectivity index (χ0n) is 13.8. The van der Waals surface area contributed by atoms with Crippen LogP contribution in [0.5, 0.6) is 5.75 Å². The number of nitrogens with zero attached hydrogens (tertiary/aromatic N) is 1. The van der Waals surface area contributed by atoms with Crippen LogP contribution in [0.2, 0.25) is 0 Å². The topological polar surface area (TPSA) is 81.3 Å². The highest BCUT2D eigenvalue weighted by molar-refractivity contribution is 7.20. The largest absolute Gasteiger partial charge is 0.496 e. The van der Waals surface area contributed by atoms with E-state index in [0.29, 0.717) is 37.8 Å². The van der Waals surface area contributed by atoms with Gasteiger partial charge in [0, 0.05) is 5.56 Å². The van der Waals surface area contributed by atoms with Crippen molar-refractivity contribution in [3.63, 3.8) is 0 Å². The van der Waals surface area contributed by atoms with E-state index in [4.69, 9.17) is 9.47 Å². The lowest BCUT2D eigenvalue weighted by atomic mass is 10.2. The van der Waals surface area contributed by atoms with Crippen LogP contribution < -0.4 is 10.3 Å². The summed E-state index contributed by atoms with van der Waals surface area (Å²) in [6, 6.07) is 3.98. The van der Waals surface area contributed by atoms with E-state index in [1.807, 2.05) is 0 Å². The number of halogens is 1. The third kappa shape index (κ3) is 3.25. The molecule has 2 aromatic heterocycles. The molecule has 2 heterocycles. The Labute approximate surface area is 146 Å². The smallest absolute Gasteiger partial charge is 0.349 e. The van der Waals surface area contributed by atoms with Gasteiger partial charge in [0.05, 0.1) is 12.5 Å². The number of hydrogen-bond acceptors (Lipinski definition) is 6. The molecule has 0 aliphatic heterocycles. The maximum atomic E-state index is 13.4. The lowest BCUT2D eigenvalue weighted by molar-refractivity contribution is 0.0475. The fourth-order valence-corrected chi connectivity index (χ4v) is 3.64. The minimum Gasteiger partial charge on any atom is -0.496 e. The number of nitrogens with one attached hydrogen (secondary N) is 1. The number of carbonyl (C=O) groups is 1. The quantitative estimate of drug-likeness (QED) is 0.721. The summed E-state index contributed by atoms with van der Waals surface area (Å²) in [6.45, 7) is 3.20. The van der Waals surface area contributed by atoms with Crippen LogP contribution >= 0.6 is 11.3 Å². The first kappa shape index (κ1) is 17.1. The van der Waals surface area contributed by atoms with Crippen LogP contribution in [-0.2, 0) is 11.3 Å². The van der Waals surface area contributed by atoms with E-state index in [0.717, 1.165) is 11.3 Å². The third-order valence-corrected chi connectivity index (χ3v) is 4.87. The summed E-state index contributed by atoms with van der Waals surface area (Å²) in [4.78, 5) is 32.1. The van der Waals surface area contributed by atoms with Crippen molar-refractivity contribution in [3.05, 3.63) is 56.2 Å². The molecule has 0 amide bonds. The highest BCUT2D eigenvalue weighted by Crippen LogP contribution is 2.28. The molecular formula is C17H15FN2O4S. The van der Waals surface area contributed by atoms with E-state index in [1.165, 1.54) is 25.3 Å². The summed E-state index contributed by atoms with van der Waals surface area (Å²) in [5.74, 6) is -0.140. The average molecular weight is 362 g/mol. The number of aromatic nitrogens is 2. The number of fused-ring (bicyclic) bond motifs is 1. The number of methoxy groups -OCH3 is 1. The van der Waals surface area contributed by atoms with Gasteiger partial charge in [-0.25, -0.2) is 14.2 Å². The van der Waals surface area contributed by atoms with E-state index < -0.39 is 11.8 Å². The Balaban J connectivity index is 1.89. The number of benzene rings is 1. The first-order valence-corrected chi connectivity index (χ1v) is 8.22. The zero-order chi connectivity index (χ0) is 18.1. The van der Waals surface area contributed by atoms with Gasteiger partial charge in [-0.2, -0.15) is 0 Å². The maximum absolute atomic E-state index is 13.4. The second kappa shape index (κ2) is 6.64. The van der Waals surface area contributed by atoms with E-state index in [9.17, 15) is 14.0 Å². The molecule has 3 rings (SSSR count). The molecule has 3 aromatic rings. The fourth-order valence-electron chi connectivity index (χ4n) is 2.51. The van der Waals surface area contributed by atoms with Gasteiger partial charge in [-0.1, -0.05) is 0 Å². The SMILES string of the molecule is COc1ccc(F)cc1COC(=O)c1sc2nc(C)[nH]c(=O)c2c1C. The van der Waals surface area contributed by atoms with Gasteiger partial charge in [-0.3, -0.25) is 4.79 Å². The Hall–Kier alpha value is -2.74. The molecule has 0 fully saturated rings. The minimum absolute atomic E-state index is 0.143. The lowest BCUT2D eigenvalue weighted by Crippen LogP contribution is -2.10. The number of esters is 1. The molecular weight excluding hydrogens is 347 g/mol. The molecule has 0 aliphatic carbocycles. The normalized spacial score (nSPS) is 10.9. The Kier molecular flexibility index (Phi) is 4.54. The number of rotatable bonds is 4. The molecule has 130 valence electrons. The van der Waals surface area contributed by atoms with Gasteiger partial charge >= 0.3 is 5.97 Å². The summed E-state index contributed by atoms with van der Waals surface area (Å²) >= 11 is 1.10. The van der Waals surface area contributed by atoms with Crippen molar-refractivity contribution in [1.82, 2.24) is 9.97 Å². The number of aromatic amines is 1. The molecule has 0 saturated carbocycles. The van der Waals surface area contributed by atoms with Crippen LogP contribution in [0, 0.1) is 19.7 Å². The van der Waals surface area contributed by atoms with Crippen LogP contribution in [0.15, 0.2) is 23.0 Å². The maximum Gasteiger partial charge on any atom is 0.349 e. The van der Waals surface area contributed by atoms with Gasteiger partial charge in [0.2, 0.25) is 0 Å². The molecule has 8 heteroatoms. The number of carbonyl (C=O) groups excluding carboxylic acids is 1. The van der Waals surface area contributed by atoms with Crippen molar-refractivity contribution in [1.29, 1.82) is 0 Å². The Morgan fingerprint density at radius 3 is 2.84 bits per heavy atom. The van der Waals surface area contributed by atoms with Gasteiger partial charge in [0.1, 0.15) is 33.7 Å². The van der Waals surface area contributed by atoms with Crippen molar-refractivity contribution in [2.45, 2.75) is 20.5 Å². The molecule has 0 spiro atoms. The van der Waals surface area contributed by atoms with Gasteiger partial charge in [0.15, 0.2) is 0 Å². The number of thiophene rings is 1. The standard InChI is InChI=1S/C17H15FN2O4S/c1-8-13-15(21)19-9(2)20-16(13)25-14(8)17(22)24-7-10-6-11(18)4-5-12(10)23-3/h4-6H,7H2,1-3H3,(H,19,20,21). The summed E-state index contributed by atoms with van der Waals surface area (Å²) in [7, 11) is 1.45. The predicted octanol–water partition coefficient (Wildman–Crippen LogP) is 3.11. The molecule has 0 bridgehead atoms. The zero-order valence-corrected chi connectivity index (χ0v) is 14.6. The first-order valence-electron chi connectivity index (χ1n) is 7.40. The van der Waals surface area contributed by atoms with Crippen molar-refractivity contribution < 1.29 is 18.7 Å². The van der Waals surface area contributed by atoms with Crippen molar-refractivity contribution in [2.24, 2.45) is 0 Å². The number of hydrogen-bond donors (Lipinski definition) is 1. The Bertz CT molecular complexity index is 1030. The Morgan fingerprint density at radius 2 is 2.12 bits per heavy atom. The van der Waals surface area contributed by atoms with Gasteiger partial charge in [-0.15, -0.1) is 11.3 Å². The van der Waals surface area contributed by atoms with Gasteiger partial charge in [-0.05, 0) is 37.6 Å². The van der Waals surface area contributed by atoms with Gasteiger partial charge < -0.3 is 14.5 Å². The van der Waals surface area contributed by atoms with E-state index >= 15 is 0 Å². The predicted molar refractivity (Wildman–Crippen MR) is 91.8 cm³/mol. The van der Waals surface area contributed by atoms with Crippen LogP contribution in [0.25, 0.3) is 10.2 Å². The third-order valence-electron chi connectivity index (χ3n) is 3.71. The molecule has 0 saturated heterocycles. The summed E-state index contributed by atoms with van der Waals surface area (Å²) in [5, 5.41) is 0.380. The summed E-state index contributed by atoms with van der Waals surface area (Å²) in [6.07, 6.45) is 0. The van der Waals surface area contributed by atoms with Crippen molar-refractivity contribution >= 4 is 27.5 Å². The molecule has 1 N–H and O–H groups in total. The van der Waals surface area contributed by atoms with E-state index in [-0.39, 0.29) is 12.2 Å². The van der Waals surface area contributed by atoms with E-state index in [1.54, 1.807) is 13.8 Å². The highest BCUT2D eigenvalue weighted by Gasteiger charge is 2.20.